The fourth-order valence-corrected chi connectivity index (χ4v) is 3.04. The first kappa shape index (κ1) is 14.1. The van der Waals surface area contributed by atoms with Gasteiger partial charge in [0.1, 0.15) is 5.04 Å². The molecular weight excluding hydrogens is 258 g/mol. The molecule has 0 amide bonds. The number of nitrogens with zero attached hydrogens (tertiary/aromatic N) is 2. The van der Waals surface area contributed by atoms with Crippen molar-refractivity contribution >= 4 is 22.6 Å². The first-order chi connectivity index (χ1) is 8.99. The lowest BCUT2D eigenvalue weighted by Crippen LogP contribution is -2.08. The molecule has 2 bridgehead atoms. The Morgan fingerprint density at radius 3 is 2.74 bits per heavy atom. The Hall–Kier alpha value is -1.36. The van der Waals surface area contributed by atoms with Crippen molar-refractivity contribution in [3.8, 4) is 0 Å². The number of hydrazone groups is 1. The van der Waals surface area contributed by atoms with Crippen molar-refractivity contribution in [2.75, 3.05) is 11.2 Å². The van der Waals surface area contributed by atoms with Gasteiger partial charge in [-0.15, -0.1) is 11.8 Å². The minimum absolute atomic E-state index is 0.185. The van der Waals surface area contributed by atoms with E-state index in [0.717, 1.165) is 28.3 Å². The zero-order chi connectivity index (χ0) is 14.0. The Bertz CT molecular complexity index is 582. The summed E-state index contributed by atoms with van der Waals surface area (Å²) in [5.74, 6) is 2.25. The van der Waals surface area contributed by atoms with Gasteiger partial charge in [-0.05, 0) is 43.6 Å². The summed E-state index contributed by atoms with van der Waals surface area (Å²) in [6, 6.07) is 1.91. The van der Waals surface area contributed by atoms with Crippen LogP contribution in [0.15, 0.2) is 16.0 Å². The maximum Gasteiger partial charge on any atom is 0.274 e. The number of thioether (sulfide) groups is 1. The summed E-state index contributed by atoms with van der Waals surface area (Å²) in [6.45, 7) is 8.21. The third-order valence-electron chi connectivity index (χ3n) is 3.23. The van der Waals surface area contributed by atoms with Crippen molar-refractivity contribution in [2.45, 2.75) is 34.1 Å². The zero-order valence-electron chi connectivity index (χ0n) is 11.8. The molecule has 0 atom stereocenters. The average molecular weight is 277 g/mol. The van der Waals surface area contributed by atoms with Crippen LogP contribution in [0.25, 0.3) is 0 Å². The van der Waals surface area contributed by atoms with E-state index in [4.69, 9.17) is 0 Å². The van der Waals surface area contributed by atoms with Gasteiger partial charge in [-0.2, -0.15) is 10.1 Å². The smallest absolute Gasteiger partial charge is 0.267 e. The SMILES string of the molecule is Cc1c2cc(nc(=O)c1C)NN=C2SCCC(C)C. The van der Waals surface area contributed by atoms with Gasteiger partial charge in [-0.25, -0.2) is 0 Å². The van der Waals surface area contributed by atoms with Crippen LogP contribution < -0.4 is 11.0 Å². The standard InChI is InChI=1S/C14H19N3OS/c1-8(2)5-6-19-14-11-7-12(16-17-14)15-13(18)10(4)9(11)3/h7-8H,5-6H2,1-4H3,(H,15,16,18). The molecule has 0 saturated carbocycles. The van der Waals surface area contributed by atoms with Crippen LogP contribution in [0, 0.1) is 19.8 Å². The van der Waals surface area contributed by atoms with E-state index in [0.29, 0.717) is 17.3 Å². The monoisotopic (exact) mass is 277 g/mol. The van der Waals surface area contributed by atoms with E-state index in [1.165, 1.54) is 0 Å². The number of rotatable bonds is 3. The predicted octanol–water partition coefficient (Wildman–Crippen LogP) is 2.93. The molecule has 0 aliphatic carbocycles. The first-order valence-corrected chi connectivity index (χ1v) is 7.47. The van der Waals surface area contributed by atoms with Crippen molar-refractivity contribution in [3.05, 3.63) is 33.1 Å². The maximum absolute atomic E-state index is 11.8. The van der Waals surface area contributed by atoms with Gasteiger partial charge in [-0.1, -0.05) is 13.8 Å². The Kier molecular flexibility index (Phi) is 4.24. The molecule has 4 nitrogen and oxygen atoms in total. The fourth-order valence-electron chi connectivity index (χ4n) is 1.78. The topological polar surface area (TPSA) is 54.4 Å². The van der Waals surface area contributed by atoms with E-state index >= 15 is 0 Å². The van der Waals surface area contributed by atoms with Gasteiger partial charge in [0.25, 0.3) is 5.56 Å². The molecule has 0 aromatic carbocycles. The molecule has 1 aliphatic heterocycles. The minimum atomic E-state index is -0.185. The van der Waals surface area contributed by atoms with Crippen LogP contribution in [0.2, 0.25) is 0 Å². The summed E-state index contributed by atoms with van der Waals surface area (Å²) in [5, 5.41) is 5.28. The first-order valence-electron chi connectivity index (χ1n) is 6.48. The molecular formula is C14H19N3OS. The summed E-state index contributed by atoms with van der Waals surface area (Å²) < 4.78 is 0. The average Bonchev–Trinajstić information content (AvgIpc) is 2.44. The van der Waals surface area contributed by atoms with Crippen molar-refractivity contribution in [2.24, 2.45) is 11.0 Å². The summed E-state index contributed by atoms with van der Waals surface area (Å²) in [7, 11) is 0. The Labute approximate surface area is 117 Å². The van der Waals surface area contributed by atoms with Crippen LogP contribution >= 0.6 is 11.8 Å². The lowest BCUT2D eigenvalue weighted by Gasteiger charge is -2.13. The van der Waals surface area contributed by atoms with Crippen molar-refractivity contribution in [3.63, 3.8) is 0 Å². The minimum Gasteiger partial charge on any atom is -0.267 e. The molecule has 0 unspecified atom stereocenters. The quantitative estimate of drug-likeness (QED) is 0.923. The number of hydrogen-bond donors (Lipinski definition) is 1. The molecule has 1 aliphatic rings. The van der Waals surface area contributed by atoms with Gasteiger partial charge in [-0.3, -0.25) is 10.2 Å². The summed E-state index contributed by atoms with van der Waals surface area (Å²) in [6.07, 6.45) is 1.15. The molecule has 1 aromatic rings. The highest BCUT2D eigenvalue weighted by Crippen LogP contribution is 2.24. The van der Waals surface area contributed by atoms with Gasteiger partial charge in [0.05, 0.1) is 0 Å². The third kappa shape index (κ3) is 3.15. The van der Waals surface area contributed by atoms with Crippen LogP contribution in [0.4, 0.5) is 5.82 Å². The zero-order valence-corrected chi connectivity index (χ0v) is 12.6. The van der Waals surface area contributed by atoms with Crippen LogP contribution in [0.1, 0.15) is 37.0 Å². The number of anilines is 1. The van der Waals surface area contributed by atoms with E-state index < -0.39 is 0 Å². The number of nitrogens with one attached hydrogen (secondary N) is 1. The van der Waals surface area contributed by atoms with Crippen molar-refractivity contribution < 1.29 is 0 Å². The Balaban J connectivity index is 2.30. The third-order valence-corrected chi connectivity index (χ3v) is 4.25. The summed E-state index contributed by atoms with van der Waals surface area (Å²) in [4.78, 5) is 15.8. The van der Waals surface area contributed by atoms with Crippen LogP contribution in [0.3, 0.4) is 0 Å². The van der Waals surface area contributed by atoms with Gasteiger partial charge >= 0.3 is 0 Å². The fraction of sp³-hybridized carbons (Fsp3) is 0.500. The lowest BCUT2D eigenvalue weighted by atomic mass is 10.1. The van der Waals surface area contributed by atoms with Crippen LogP contribution in [-0.2, 0) is 0 Å². The van der Waals surface area contributed by atoms with E-state index in [-0.39, 0.29) is 5.56 Å². The van der Waals surface area contributed by atoms with Gasteiger partial charge in [0.2, 0.25) is 0 Å². The number of aromatic nitrogens is 1. The van der Waals surface area contributed by atoms with Gasteiger partial charge in [0.15, 0.2) is 5.82 Å². The van der Waals surface area contributed by atoms with Gasteiger partial charge in [0, 0.05) is 11.1 Å². The second-order valence-corrected chi connectivity index (χ2v) is 6.25. The summed E-state index contributed by atoms with van der Waals surface area (Å²) in [5.41, 5.74) is 5.35. The van der Waals surface area contributed by atoms with Crippen molar-refractivity contribution in [1.29, 1.82) is 0 Å². The Morgan fingerprint density at radius 2 is 2.05 bits per heavy atom. The molecule has 0 fully saturated rings. The second-order valence-electron chi connectivity index (χ2n) is 5.17. The molecule has 2 heterocycles. The molecule has 102 valence electrons. The lowest BCUT2D eigenvalue weighted by molar-refractivity contribution is 0.632. The van der Waals surface area contributed by atoms with E-state index in [2.05, 4.69) is 29.4 Å². The van der Waals surface area contributed by atoms with E-state index in [1.807, 2.05) is 19.9 Å². The highest BCUT2D eigenvalue weighted by atomic mass is 32.2. The normalized spacial score (nSPS) is 13.2. The largest absolute Gasteiger partial charge is 0.274 e. The maximum atomic E-state index is 11.8. The number of fused-ring (bicyclic) bond motifs is 2. The van der Waals surface area contributed by atoms with Gasteiger partial charge < -0.3 is 0 Å². The van der Waals surface area contributed by atoms with Crippen LogP contribution in [-0.4, -0.2) is 15.8 Å². The molecule has 0 saturated heterocycles. The second kappa shape index (κ2) is 5.74. The molecule has 2 rings (SSSR count). The molecule has 0 radical (unpaired) electrons. The molecule has 1 N–H and O–H groups in total. The molecule has 5 heteroatoms. The molecule has 19 heavy (non-hydrogen) atoms. The highest BCUT2D eigenvalue weighted by Gasteiger charge is 2.16. The van der Waals surface area contributed by atoms with Crippen molar-refractivity contribution in [1.82, 2.24) is 4.98 Å². The van der Waals surface area contributed by atoms with E-state index in [1.54, 1.807) is 11.8 Å². The summed E-state index contributed by atoms with van der Waals surface area (Å²) >= 11 is 1.73. The molecule has 1 aromatic heterocycles. The Morgan fingerprint density at radius 1 is 1.32 bits per heavy atom. The van der Waals surface area contributed by atoms with Crippen LogP contribution in [0.5, 0.6) is 0 Å². The van der Waals surface area contributed by atoms with E-state index in [9.17, 15) is 4.79 Å². The highest BCUT2D eigenvalue weighted by molar-refractivity contribution is 8.14. The number of hydrogen-bond acceptors (Lipinski definition) is 5. The molecule has 0 spiro atoms. The predicted molar refractivity (Wildman–Crippen MR) is 82.1 cm³/mol.